The van der Waals surface area contributed by atoms with Crippen molar-refractivity contribution in [1.29, 1.82) is 0 Å². The van der Waals surface area contributed by atoms with Crippen LogP contribution >= 0.6 is 0 Å². The Morgan fingerprint density at radius 3 is 2.53 bits per heavy atom. The molecule has 2 nitrogen and oxygen atoms in total. The Morgan fingerprint density at radius 2 is 1.74 bits per heavy atom. The molecule has 1 heterocycles. The van der Waals surface area contributed by atoms with Gasteiger partial charge in [-0.2, -0.15) is 0 Å². The van der Waals surface area contributed by atoms with Crippen molar-refractivity contribution in [2.24, 2.45) is 5.92 Å². The van der Waals surface area contributed by atoms with Crippen LogP contribution in [0.15, 0.2) is 0 Å². The molecule has 110 valence electrons. The zero-order valence-electron chi connectivity index (χ0n) is 12.7. The Hall–Kier alpha value is -0.0800. The van der Waals surface area contributed by atoms with Gasteiger partial charge in [0.2, 0.25) is 0 Å². The van der Waals surface area contributed by atoms with Crippen molar-refractivity contribution < 1.29 is 0 Å². The maximum Gasteiger partial charge on any atom is 0.0223 e. The average Bonchev–Trinajstić information content (AvgIpc) is 3.29. The van der Waals surface area contributed by atoms with Crippen molar-refractivity contribution in [2.45, 2.75) is 89.3 Å². The SMILES string of the molecule is CCC1CCCCC1N1CCCCC1CNC1CC1. The van der Waals surface area contributed by atoms with Crippen LogP contribution in [0.1, 0.15) is 71.1 Å². The van der Waals surface area contributed by atoms with Gasteiger partial charge >= 0.3 is 0 Å². The molecule has 0 spiro atoms. The maximum absolute atomic E-state index is 3.79. The van der Waals surface area contributed by atoms with E-state index >= 15 is 0 Å². The van der Waals surface area contributed by atoms with E-state index in [1.54, 1.807) is 0 Å². The van der Waals surface area contributed by atoms with E-state index in [0.717, 1.165) is 24.0 Å². The summed E-state index contributed by atoms with van der Waals surface area (Å²) in [5, 5.41) is 3.79. The second kappa shape index (κ2) is 6.58. The number of hydrogen-bond donors (Lipinski definition) is 1. The number of piperidine rings is 1. The minimum Gasteiger partial charge on any atom is -0.312 e. The summed E-state index contributed by atoms with van der Waals surface area (Å²) in [6.45, 7) is 5.04. The summed E-state index contributed by atoms with van der Waals surface area (Å²) in [6, 6.07) is 2.62. The number of likely N-dealkylation sites (tertiary alicyclic amines) is 1. The van der Waals surface area contributed by atoms with Crippen molar-refractivity contribution in [2.75, 3.05) is 13.1 Å². The van der Waals surface area contributed by atoms with E-state index < -0.39 is 0 Å². The first-order valence-corrected chi connectivity index (χ1v) is 8.87. The molecule has 0 aromatic heterocycles. The molecule has 1 aliphatic heterocycles. The summed E-state index contributed by atoms with van der Waals surface area (Å²) < 4.78 is 0. The lowest BCUT2D eigenvalue weighted by Crippen LogP contribution is -2.53. The van der Waals surface area contributed by atoms with Crippen LogP contribution in [0.25, 0.3) is 0 Å². The molecule has 2 heteroatoms. The standard InChI is InChI=1S/C17H32N2/c1-2-14-7-3-4-9-17(14)19-12-6-5-8-16(19)13-18-15-10-11-15/h14-18H,2-13H2,1H3. The number of rotatable bonds is 5. The van der Waals surface area contributed by atoms with Gasteiger partial charge in [0.15, 0.2) is 0 Å². The highest BCUT2D eigenvalue weighted by Gasteiger charge is 2.35. The van der Waals surface area contributed by atoms with Gasteiger partial charge in [0, 0.05) is 24.7 Å². The summed E-state index contributed by atoms with van der Waals surface area (Å²) >= 11 is 0. The molecule has 3 atom stereocenters. The second-order valence-corrected chi connectivity index (χ2v) is 7.09. The van der Waals surface area contributed by atoms with Crippen LogP contribution in [0.3, 0.4) is 0 Å². The molecule has 0 aromatic rings. The molecule has 3 fully saturated rings. The fourth-order valence-electron chi connectivity index (χ4n) is 4.37. The molecular formula is C17H32N2. The molecule has 2 aliphatic carbocycles. The molecule has 3 unspecified atom stereocenters. The lowest BCUT2D eigenvalue weighted by molar-refractivity contribution is 0.0370. The van der Waals surface area contributed by atoms with Gasteiger partial charge in [0.1, 0.15) is 0 Å². The van der Waals surface area contributed by atoms with Crippen LogP contribution in [0.4, 0.5) is 0 Å². The van der Waals surface area contributed by atoms with Crippen LogP contribution < -0.4 is 5.32 Å². The van der Waals surface area contributed by atoms with Crippen molar-refractivity contribution in [1.82, 2.24) is 10.2 Å². The molecule has 3 rings (SSSR count). The predicted octanol–water partition coefficient (Wildman–Crippen LogP) is 3.56. The average molecular weight is 264 g/mol. The summed E-state index contributed by atoms with van der Waals surface area (Å²) in [5.74, 6) is 0.982. The van der Waals surface area contributed by atoms with Gasteiger partial charge in [-0.15, -0.1) is 0 Å². The third-order valence-corrected chi connectivity index (χ3v) is 5.71. The van der Waals surface area contributed by atoms with Gasteiger partial charge < -0.3 is 5.32 Å². The zero-order chi connectivity index (χ0) is 13.1. The normalized spacial score (nSPS) is 37.4. The Kier molecular flexibility index (Phi) is 4.81. The minimum atomic E-state index is 0.839. The van der Waals surface area contributed by atoms with Crippen LogP contribution in [0, 0.1) is 5.92 Å². The second-order valence-electron chi connectivity index (χ2n) is 7.09. The van der Waals surface area contributed by atoms with Gasteiger partial charge in [-0.05, 0) is 51.0 Å². The predicted molar refractivity (Wildman–Crippen MR) is 81.4 cm³/mol. The van der Waals surface area contributed by atoms with Crippen LogP contribution in [-0.2, 0) is 0 Å². The fourth-order valence-corrected chi connectivity index (χ4v) is 4.37. The van der Waals surface area contributed by atoms with Crippen molar-refractivity contribution >= 4 is 0 Å². The summed E-state index contributed by atoms with van der Waals surface area (Å²) in [7, 11) is 0. The molecule has 3 aliphatic rings. The molecule has 2 saturated carbocycles. The highest BCUT2D eigenvalue weighted by Crippen LogP contribution is 2.34. The molecule has 1 saturated heterocycles. The Labute approximate surface area is 119 Å². The molecule has 0 radical (unpaired) electrons. The first-order chi connectivity index (χ1) is 9.38. The van der Waals surface area contributed by atoms with Crippen LogP contribution in [-0.4, -0.2) is 36.1 Å². The topological polar surface area (TPSA) is 15.3 Å². The Morgan fingerprint density at radius 1 is 0.947 bits per heavy atom. The summed E-state index contributed by atoms with van der Waals surface area (Å²) in [6.07, 6.45) is 14.5. The van der Waals surface area contributed by atoms with E-state index in [1.807, 2.05) is 0 Å². The monoisotopic (exact) mass is 264 g/mol. The van der Waals surface area contributed by atoms with Gasteiger partial charge in [-0.1, -0.05) is 32.6 Å². The summed E-state index contributed by atoms with van der Waals surface area (Å²) in [4.78, 5) is 2.92. The minimum absolute atomic E-state index is 0.839. The fraction of sp³-hybridized carbons (Fsp3) is 1.00. The van der Waals surface area contributed by atoms with Gasteiger partial charge in [0.05, 0.1) is 0 Å². The van der Waals surface area contributed by atoms with E-state index in [4.69, 9.17) is 0 Å². The Balaban J connectivity index is 1.60. The molecule has 0 aromatic carbocycles. The first-order valence-electron chi connectivity index (χ1n) is 8.87. The molecular weight excluding hydrogens is 232 g/mol. The number of nitrogens with one attached hydrogen (secondary N) is 1. The maximum atomic E-state index is 3.79. The molecule has 0 amide bonds. The summed E-state index contributed by atoms with van der Waals surface area (Å²) in [5.41, 5.74) is 0. The molecule has 19 heavy (non-hydrogen) atoms. The highest BCUT2D eigenvalue weighted by atomic mass is 15.2. The van der Waals surface area contributed by atoms with Crippen LogP contribution in [0.5, 0.6) is 0 Å². The third kappa shape index (κ3) is 3.52. The number of nitrogens with zero attached hydrogens (tertiary/aromatic N) is 1. The zero-order valence-corrected chi connectivity index (χ0v) is 12.7. The Bertz CT molecular complexity index is 274. The van der Waals surface area contributed by atoms with Crippen LogP contribution in [0.2, 0.25) is 0 Å². The lowest BCUT2D eigenvalue weighted by atomic mass is 9.80. The van der Waals surface area contributed by atoms with E-state index in [2.05, 4.69) is 17.1 Å². The molecule has 1 N–H and O–H groups in total. The lowest BCUT2D eigenvalue weighted by Gasteiger charge is -2.46. The van der Waals surface area contributed by atoms with E-state index in [9.17, 15) is 0 Å². The number of hydrogen-bond acceptors (Lipinski definition) is 2. The van der Waals surface area contributed by atoms with Crippen molar-refractivity contribution in [3.05, 3.63) is 0 Å². The van der Waals surface area contributed by atoms with E-state index in [1.165, 1.54) is 77.3 Å². The quantitative estimate of drug-likeness (QED) is 0.817. The smallest absolute Gasteiger partial charge is 0.0223 e. The van der Waals surface area contributed by atoms with E-state index in [0.29, 0.717) is 0 Å². The largest absolute Gasteiger partial charge is 0.312 e. The van der Waals surface area contributed by atoms with E-state index in [-0.39, 0.29) is 0 Å². The highest BCUT2D eigenvalue weighted by molar-refractivity contribution is 4.91. The van der Waals surface area contributed by atoms with Gasteiger partial charge in [-0.3, -0.25) is 4.90 Å². The first kappa shape index (κ1) is 13.9. The van der Waals surface area contributed by atoms with Crippen molar-refractivity contribution in [3.63, 3.8) is 0 Å². The van der Waals surface area contributed by atoms with Crippen molar-refractivity contribution in [3.8, 4) is 0 Å². The van der Waals surface area contributed by atoms with Gasteiger partial charge in [-0.25, -0.2) is 0 Å². The van der Waals surface area contributed by atoms with Gasteiger partial charge in [0.25, 0.3) is 0 Å². The third-order valence-electron chi connectivity index (χ3n) is 5.71. The molecule has 0 bridgehead atoms.